The summed E-state index contributed by atoms with van der Waals surface area (Å²) in [6.45, 7) is 2.65. The first kappa shape index (κ1) is 45.5. The number of carbonyl (C=O) groups is 5. The molecular weight excluding hydrogens is 851 g/mol. The minimum absolute atomic E-state index is 0.00651. The summed E-state index contributed by atoms with van der Waals surface area (Å²) in [7, 11) is 0. The van der Waals surface area contributed by atoms with Crippen LogP contribution in [0.2, 0.25) is 5.02 Å². The molecule has 1 aliphatic carbocycles. The van der Waals surface area contributed by atoms with Crippen LogP contribution < -0.4 is 31.3 Å². The van der Waals surface area contributed by atoms with Crippen molar-refractivity contribution in [2.45, 2.75) is 89.3 Å². The molecule has 1 unspecified atom stereocenters. The first-order valence-corrected chi connectivity index (χ1v) is 22.7. The first-order chi connectivity index (χ1) is 30.6. The highest BCUT2D eigenvalue weighted by Crippen LogP contribution is 2.41. The van der Waals surface area contributed by atoms with E-state index in [1.54, 1.807) is 36.5 Å². The molecule has 5 amide bonds. The number of nitrogens with zero attached hydrogens (tertiary/aromatic N) is 3. The number of nitrogens with one attached hydrogen (secondary N) is 5. The molecular formula is C45H52ClFN8O7S. The van der Waals surface area contributed by atoms with Gasteiger partial charge in [0.05, 0.1) is 23.1 Å². The van der Waals surface area contributed by atoms with Gasteiger partial charge in [-0.1, -0.05) is 23.7 Å². The summed E-state index contributed by atoms with van der Waals surface area (Å²) in [5, 5.41) is 17.3. The summed E-state index contributed by atoms with van der Waals surface area (Å²) in [5.41, 5.74) is 1.84. The van der Waals surface area contributed by atoms with E-state index >= 15 is 0 Å². The first-order valence-electron chi connectivity index (χ1n) is 21.4. The molecule has 1 atom stereocenters. The van der Waals surface area contributed by atoms with Crippen molar-refractivity contribution < 1.29 is 37.8 Å². The largest absolute Gasteiger partial charge is 0.487 e. The second kappa shape index (κ2) is 21.7. The molecule has 4 aromatic rings. The summed E-state index contributed by atoms with van der Waals surface area (Å²) >= 11 is 7.46. The number of benzene rings is 2. The molecule has 4 heterocycles. The number of halogens is 2. The van der Waals surface area contributed by atoms with Crippen molar-refractivity contribution in [2.75, 3.05) is 43.5 Å². The van der Waals surface area contributed by atoms with Crippen LogP contribution in [-0.2, 0) is 36.9 Å². The zero-order chi connectivity index (χ0) is 44.2. The SMILES string of the molecule is O=C1CCC(N2Cc3cc(NC(=O)CNCCCCOCCCCNC(=O)[C@]4(Cc5cccc(Nc6nccs6)n5)CC[C@@H](Oc5cccc(Cl)c5F)CC4)ccc3C2=O)C(=O)N1. The van der Waals surface area contributed by atoms with Crippen LogP contribution in [-0.4, -0.2) is 89.4 Å². The summed E-state index contributed by atoms with van der Waals surface area (Å²) in [6.07, 6.45) is 7.80. The van der Waals surface area contributed by atoms with Crippen LogP contribution >= 0.6 is 22.9 Å². The second-order valence-corrected chi connectivity index (χ2v) is 17.4. The second-order valence-electron chi connectivity index (χ2n) is 16.1. The Bertz CT molecular complexity index is 2260. The quantitative estimate of drug-likeness (QED) is 0.0465. The lowest BCUT2D eigenvalue weighted by Crippen LogP contribution is -2.52. The van der Waals surface area contributed by atoms with Crippen molar-refractivity contribution >= 4 is 69.1 Å². The van der Waals surface area contributed by atoms with Crippen molar-refractivity contribution in [1.82, 2.24) is 30.8 Å². The van der Waals surface area contributed by atoms with E-state index in [0.29, 0.717) is 75.5 Å². The number of thiazole rings is 1. The van der Waals surface area contributed by atoms with Gasteiger partial charge in [-0.15, -0.1) is 11.3 Å². The molecule has 5 N–H and O–H groups in total. The number of hydrogen-bond donors (Lipinski definition) is 5. The number of hydrogen-bond acceptors (Lipinski definition) is 12. The van der Waals surface area contributed by atoms with Crippen LogP contribution in [0.15, 0.2) is 66.2 Å². The van der Waals surface area contributed by atoms with Crippen LogP contribution in [0.3, 0.4) is 0 Å². The van der Waals surface area contributed by atoms with Gasteiger partial charge in [0.1, 0.15) is 11.9 Å². The molecule has 2 aromatic carbocycles. The average molecular weight is 903 g/mol. The molecule has 3 aliphatic rings. The number of amides is 5. The number of fused-ring (bicyclic) bond motifs is 1. The third-order valence-electron chi connectivity index (χ3n) is 11.6. The minimum Gasteiger partial charge on any atom is -0.487 e. The van der Waals surface area contributed by atoms with Crippen LogP contribution in [0, 0.1) is 11.2 Å². The fourth-order valence-corrected chi connectivity index (χ4v) is 8.93. The summed E-state index contributed by atoms with van der Waals surface area (Å²) in [4.78, 5) is 73.9. The van der Waals surface area contributed by atoms with Gasteiger partial charge in [-0.3, -0.25) is 29.3 Å². The van der Waals surface area contributed by atoms with Gasteiger partial charge in [0.2, 0.25) is 23.6 Å². The van der Waals surface area contributed by atoms with Crippen molar-refractivity contribution in [2.24, 2.45) is 5.41 Å². The molecule has 2 aromatic heterocycles. The Hall–Kier alpha value is -5.49. The van der Waals surface area contributed by atoms with Crippen LogP contribution in [0.5, 0.6) is 5.75 Å². The number of anilines is 3. The Labute approximate surface area is 374 Å². The van der Waals surface area contributed by atoms with E-state index in [2.05, 4.69) is 31.6 Å². The van der Waals surface area contributed by atoms with Crippen LogP contribution in [0.1, 0.15) is 85.8 Å². The Morgan fingerprint density at radius 1 is 0.984 bits per heavy atom. The third-order valence-corrected chi connectivity index (χ3v) is 12.5. The van der Waals surface area contributed by atoms with Crippen molar-refractivity contribution in [3.63, 3.8) is 0 Å². The molecule has 7 rings (SSSR count). The minimum atomic E-state index is -0.711. The van der Waals surface area contributed by atoms with Gasteiger partial charge in [-0.25, -0.2) is 14.4 Å². The van der Waals surface area contributed by atoms with Gasteiger partial charge in [0.15, 0.2) is 16.7 Å². The van der Waals surface area contributed by atoms with Crippen LogP contribution in [0.25, 0.3) is 0 Å². The molecule has 334 valence electrons. The number of rotatable bonds is 21. The van der Waals surface area contributed by atoms with Gasteiger partial charge in [-0.2, -0.15) is 0 Å². The van der Waals surface area contributed by atoms with E-state index < -0.39 is 23.2 Å². The van der Waals surface area contributed by atoms with E-state index in [-0.39, 0.29) is 66.4 Å². The van der Waals surface area contributed by atoms with Gasteiger partial charge >= 0.3 is 0 Å². The number of aromatic nitrogens is 2. The van der Waals surface area contributed by atoms with Crippen molar-refractivity contribution in [3.05, 3.63) is 93.8 Å². The number of unbranched alkanes of at least 4 members (excludes halogenated alkanes) is 2. The third kappa shape index (κ3) is 12.2. The fourth-order valence-electron chi connectivity index (χ4n) is 8.22. The van der Waals surface area contributed by atoms with Gasteiger partial charge in [0, 0.05) is 67.7 Å². The Morgan fingerprint density at radius 2 is 1.78 bits per heavy atom. The predicted molar refractivity (Wildman–Crippen MR) is 236 cm³/mol. The molecule has 15 nitrogen and oxygen atoms in total. The molecule has 1 saturated carbocycles. The highest BCUT2D eigenvalue weighted by Gasteiger charge is 2.43. The number of ether oxygens (including phenoxy) is 2. The molecule has 0 spiro atoms. The van der Waals surface area contributed by atoms with Gasteiger partial charge in [0.25, 0.3) is 5.91 Å². The molecule has 2 fully saturated rings. The standard InChI is InChI=1S/C45H52ClFN8O7S/c46-34-8-6-9-36(40(34)47)62-32-15-17-45(18-16-32,26-31-7-5-10-37(51-31)53-44-50-21-24-63-44)43(60)49-20-2-4-23-61-22-3-1-19-48-27-39(57)52-30-11-12-33-29(25-30)28-55(42(33)59)35-13-14-38(56)54-41(35)58/h5-12,21,24-25,32,35,48H,1-4,13-20,22-23,26-28H2,(H,49,60)(H,52,57)(H,50,51,53)(H,54,56,58)/t32-,35?,45-. The maximum Gasteiger partial charge on any atom is 0.255 e. The van der Waals surface area contributed by atoms with E-state index in [1.165, 1.54) is 22.3 Å². The van der Waals surface area contributed by atoms with Crippen molar-refractivity contribution in [3.8, 4) is 5.75 Å². The maximum absolute atomic E-state index is 14.6. The molecule has 2 aliphatic heterocycles. The lowest BCUT2D eigenvalue weighted by atomic mass is 9.69. The van der Waals surface area contributed by atoms with Gasteiger partial charge in [-0.05, 0) is 112 Å². The van der Waals surface area contributed by atoms with Crippen molar-refractivity contribution in [1.29, 1.82) is 0 Å². The zero-order valence-electron chi connectivity index (χ0n) is 34.9. The van der Waals surface area contributed by atoms with E-state index in [9.17, 15) is 28.4 Å². The number of imide groups is 1. The Balaban J connectivity index is 0.778. The van der Waals surface area contributed by atoms with E-state index in [0.717, 1.165) is 42.1 Å². The van der Waals surface area contributed by atoms with Crippen LogP contribution in [0.4, 0.5) is 21.0 Å². The lowest BCUT2D eigenvalue weighted by Gasteiger charge is -2.39. The van der Waals surface area contributed by atoms with E-state index in [4.69, 9.17) is 26.1 Å². The average Bonchev–Trinajstić information content (AvgIpc) is 3.90. The molecule has 1 saturated heterocycles. The fraction of sp³-hybridized carbons (Fsp3) is 0.444. The molecule has 0 radical (unpaired) electrons. The highest BCUT2D eigenvalue weighted by molar-refractivity contribution is 7.13. The highest BCUT2D eigenvalue weighted by atomic mass is 35.5. The monoisotopic (exact) mass is 902 g/mol. The smallest absolute Gasteiger partial charge is 0.255 e. The zero-order valence-corrected chi connectivity index (χ0v) is 36.5. The van der Waals surface area contributed by atoms with E-state index in [1.807, 2.05) is 23.6 Å². The predicted octanol–water partition coefficient (Wildman–Crippen LogP) is 6.31. The lowest BCUT2D eigenvalue weighted by molar-refractivity contribution is -0.137. The number of piperidine rings is 1. The Morgan fingerprint density at radius 3 is 2.56 bits per heavy atom. The number of carbonyl (C=O) groups excluding carboxylic acids is 5. The summed E-state index contributed by atoms with van der Waals surface area (Å²) in [5.74, 6) is -1.12. The maximum atomic E-state index is 14.6. The summed E-state index contributed by atoms with van der Waals surface area (Å²) < 4.78 is 26.5. The summed E-state index contributed by atoms with van der Waals surface area (Å²) in [6, 6.07) is 14.8. The molecule has 0 bridgehead atoms. The Kier molecular flexibility index (Phi) is 15.7. The number of pyridine rings is 1. The molecule has 18 heteroatoms. The normalized spacial score (nSPS) is 19.7. The van der Waals surface area contributed by atoms with Gasteiger partial charge < -0.3 is 35.6 Å². The topological polar surface area (TPSA) is 193 Å². The molecule has 63 heavy (non-hydrogen) atoms.